The summed E-state index contributed by atoms with van der Waals surface area (Å²) < 4.78 is 0. The molecule has 3 N–H and O–H groups in total. The van der Waals surface area contributed by atoms with E-state index in [0.717, 1.165) is 17.1 Å². The van der Waals surface area contributed by atoms with Crippen molar-refractivity contribution in [3.63, 3.8) is 0 Å². The minimum Gasteiger partial charge on any atom is -0.271 e. The molecule has 0 radical (unpaired) electrons. The Morgan fingerprint density at radius 3 is 2.61 bits per heavy atom. The van der Waals surface area contributed by atoms with Gasteiger partial charge < -0.3 is 0 Å². The van der Waals surface area contributed by atoms with Crippen molar-refractivity contribution in [2.45, 2.75) is 62.5 Å². The van der Waals surface area contributed by atoms with Crippen LogP contribution < -0.4 is 11.3 Å². The van der Waals surface area contributed by atoms with Crippen molar-refractivity contribution in [1.82, 2.24) is 5.43 Å². The lowest BCUT2D eigenvalue weighted by Crippen LogP contribution is -2.53. The number of rotatable bonds is 4. The van der Waals surface area contributed by atoms with E-state index in [9.17, 15) is 0 Å². The van der Waals surface area contributed by atoms with Crippen LogP contribution in [0.15, 0.2) is 0 Å². The second-order valence-corrected chi connectivity index (χ2v) is 8.49. The summed E-state index contributed by atoms with van der Waals surface area (Å²) in [6.45, 7) is 4.73. The highest BCUT2D eigenvalue weighted by Crippen LogP contribution is 2.41. The van der Waals surface area contributed by atoms with Crippen molar-refractivity contribution in [2.24, 2.45) is 17.7 Å². The van der Waals surface area contributed by atoms with Gasteiger partial charge in [-0.3, -0.25) is 11.3 Å². The molecule has 1 aliphatic heterocycles. The smallest absolute Gasteiger partial charge is 0.0370 e. The van der Waals surface area contributed by atoms with Gasteiger partial charge in [0, 0.05) is 28.0 Å². The highest BCUT2D eigenvalue weighted by Gasteiger charge is 2.38. The van der Waals surface area contributed by atoms with Gasteiger partial charge in [0.1, 0.15) is 0 Å². The second kappa shape index (κ2) is 7.41. The molecule has 2 aliphatic rings. The zero-order valence-electron chi connectivity index (χ0n) is 11.7. The first-order valence-corrected chi connectivity index (χ1v) is 9.57. The SMILES string of the molecule is CCC1CCCCC1C(NN)C1SCCSC1C. The number of hydrogen-bond donors (Lipinski definition) is 2. The minimum absolute atomic E-state index is 0.517. The van der Waals surface area contributed by atoms with Crippen LogP contribution in [-0.2, 0) is 0 Å². The first kappa shape index (κ1) is 15.0. The molecular formula is C14H28N2S2. The molecule has 0 aromatic carbocycles. The Kier molecular flexibility index (Phi) is 6.19. The molecule has 1 heterocycles. The molecular weight excluding hydrogens is 260 g/mol. The monoisotopic (exact) mass is 288 g/mol. The van der Waals surface area contributed by atoms with Gasteiger partial charge in [0.25, 0.3) is 0 Å². The van der Waals surface area contributed by atoms with Crippen molar-refractivity contribution in [2.75, 3.05) is 11.5 Å². The fourth-order valence-corrected chi connectivity index (χ4v) is 6.73. The van der Waals surface area contributed by atoms with Crippen molar-refractivity contribution >= 4 is 23.5 Å². The van der Waals surface area contributed by atoms with Crippen molar-refractivity contribution in [3.8, 4) is 0 Å². The van der Waals surface area contributed by atoms with E-state index in [1.165, 1.54) is 43.6 Å². The minimum atomic E-state index is 0.517. The zero-order chi connectivity index (χ0) is 13.0. The van der Waals surface area contributed by atoms with E-state index in [0.29, 0.717) is 11.3 Å². The number of hydrogen-bond acceptors (Lipinski definition) is 4. The van der Waals surface area contributed by atoms with Crippen LogP contribution in [0.3, 0.4) is 0 Å². The molecule has 1 saturated heterocycles. The third kappa shape index (κ3) is 3.38. The van der Waals surface area contributed by atoms with Crippen LogP contribution >= 0.6 is 23.5 Å². The molecule has 2 fully saturated rings. The molecule has 1 saturated carbocycles. The van der Waals surface area contributed by atoms with Crippen molar-refractivity contribution in [3.05, 3.63) is 0 Å². The maximum Gasteiger partial charge on any atom is 0.0370 e. The second-order valence-electron chi connectivity index (χ2n) is 5.72. The average Bonchev–Trinajstić information content (AvgIpc) is 2.42. The van der Waals surface area contributed by atoms with E-state index in [4.69, 9.17) is 5.84 Å². The summed E-state index contributed by atoms with van der Waals surface area (Å²) in [7, 11) is 0. The van der Waals surface area contributed by atoms with Crippen LogP contribution in [0.1, 0.15) is 46.0 Å². The molecule has 2 nitrogen and oxygen atoms in total. The van der Waals surface area contributed by atoms with Gasteiger partial charge in [-0.25, -0.2) is 0 Å². The van der Waals surface area contributed by atoms with Gasteiger partial charge in [-0.15, -0.1) is 0 Å². The Hall–Kier alpha value is 0.620. The van der Waals surface area contributed by atoms with Crippen molar-refractivity contribution < 1.29 is 0 Å². The molecule has 2 rings (SSSR count). The standard InChI is InChI=1S/C14H28N2S2/c1-3-11-6-4-5-7-12(11)13(16-15)14-10(2)17-8-9-18-14/h10-14,16H,3-9,15H2,1-2H3. The molecule has 0 aromatic rings. The third-order valence-electron chi connectivity index (χ3n) is 4.74. The summed E-state index contributed by atoms with van der Waals surface area (Å²) >= 11 is 4.27. The molecule has 5 atom stereocenters. The Morgan fingerprint density at radius 1 is 1.22 bits per heavy atom. The van der Waals surface area contributed by atoms with Crippen LogP contribution in [-0.4, -0.2) is 28.0 Å². The summed E-state index contributed by atoms with van der Waals surface area (Å²) in [5, 5.41) is 1.44. The van der Waals surface area contributed by atoms with E-state index in [2.05, 4.69) is 42.8 Å². The first-order valence-electron chi connectivity index (χ1n) is 7.47. The quantitative estimate of drug-likeness (QED) is 0.615. The normalized spacial score (nSPS) is 39.5. The van der Waals surface area contributed by atoms with Crippen LogP contribution in [0.4, 0.5) is 0 Å². The first-order chi connectivity index (χ1) is 8.77. The average molecular weight is 289 g/mol. The predicted octanol–water partition coefficient (Wildman–Crippen LogP) is 3.27. The Balaban J connectivity index is 2.05. The summed E-state index contributed by atoms with van der Waals surface area (Å²) in [6.07, 6.45) is 6.94. The van der Waals surface area contributed by atoms with E-state index in [1.807, 2.05) is 0 Å². The van der Waals surface area contributed by atoms with E-state index in [-0.39, 0.29) is 0 Å². The number of nitrogens with one attached hydrogen (secondary N) is 1. The lowest BCUT2D eigenvalue weighted by atomic mass is 9.73. The van der Waals surface area contributed by atoms with Crippen molar-refractivity contribution in [1.29, 1.82) is 0 Å². The van der Waals surface area contributed by atoms with E-state index >= 15 is 0 Å². The predicted molar refractivity (Wildman–Crippen MR) is 85.0 cm³/mol. The van der Waals surface area contributed by atoms with E-state index < -0.39 is 0 Å². The fourth-order valence-electron chi connectivity index (χ4n) is 3.72. The topological polar surface area (TPSA) is 38.0 Å². The van der Waals surface area contributed by atoms with Gasteiger partial charge in [-0.05, 0) is 18.3 Å². The lowest BCUT2D eigenvalue weighted by Gasteiger charge is -2.43. The summed E-state index contributed by atoms with van der Waals surface area (Å²) in [5.74, 6) is 10.2. The fraction of sp³-hybridized carbons (Fsp3) is 1.00. The summed E-state index contributed by atoms with van der Waals surface area (Å²) in [6, 6.07) is 0.517. The molecule has 0 spiro atoms. The molecule has 5 unspecified atom stereocenters. The maximum absolute atomic E-state index is 5.94. The lowest BCUT2D eigenvalue weighted by molar-refractivity contribution is 0.172. The van der Waals surface area contributed by atoms with E-state index in [1.54, 1.807) is 0 Å². The molecule has 0 aromatic heterocycles. The third-order valence-corrected chi connectivity index (χ3v) is 7.95. The Morgan fingerprint density at radius 2 is 1.94 bits per heavy atom. The van der Waals surface area contributed by atoms with Gasteiger partial charge in [0.2, 0.25) is 0 Å². The van der Waals surface area contributed by atoms with Gasteiger partial charge in [0.15, 0.2) is 0 Å². The van der Waals surface area contributed by atoms with Crippen LogP contribution in [0, 0.1) is 11.8 Å². The van der Waals surface area contributed by atoms with Gasteiger partial charge in [0.05, 0.1) is 0 Å². The molecule has 106 valence electrons. The summed E-state index contributed by atoms with van der Waals surface area (Å²) in [5.41, 5.74) is 3.20. The largest absolute Gasteiger partial charge is 0.271 e. The van der Waals surface area contributed by atoms with Crippen LogP contribution in [0.25, 0.3) is 0 Å². The summed E-state index contributed by atoms with van der Waals surface area (Å²) in [4.78, 5) is 0. The number of nitrogens with two attached hydrogens (primary N) is 1. The van der Waals surface area contributed by atoms with Gasteiger partial charge in [-0.1, -0.05) is 39.5 Å². The molecule has 0 amide bonds. The zero-order valence-corrected chi connectivity index (χ0v) is 13.4. The maximum atomic E-state index is 5.94. The number of thioether (sulfide) groups is 2. The molecule has 0 bridgehead atoms. The number of hydrazine groups is 1. The Bertz CT molecular complexity index is 250. The molecule has 1 aliphatic carbocycles. The van der Waals surface area contributed by atoms with Crippen LogP contribution in [0.5, 0.6) is 0 Å². The Labute approximate surface area is 121 Å². The van der Waals surface area contributed by atoms with Gasteiger partial charge in [-0.2, -0.15) is 23.5 Å². The highest BCUT2D eigenvalue weighted by atomic mass is 32.2. The highest BCUT2D eigenvalue weighted by molar-refractivity contribution is 8.07. The molecule has 18 heavy (non-hydrogen) atoms. The molecule has 4 heteroatoms. The van der Waals surface area contributed by atoms with Gasteiger partial charge >= 0.3 is 0 Å². The van der Waals surface area contributed by atoms with Crippen LogP contribution in [0.2, 0.25) is 0 Å².